The van der Waals surface area contributed by atoms with Crippen LogP contribution in [0.25, 0.3) is 0 Å². The van der Waals surface area contributed by atoms with E-state index in [1.54, 1.807) is 36.4 Å². The predicted octanol–water partition coefficient (Wildman–Crippen LogP) is 2.36. The van der Waals surface area contributed by atoms with E-state index in [1.807, 2.05) is 0 Å². The summed E-state index contributed by atoms with van der Waals surface area (Å²) < 4.78 is 16.2. The van der Waals surface area contributed by atoms with Gasteiger partial charge in [0, 0.05) is 5.02 Å². The van der Waals surface area contributed by atoms with Crippen molar-refractivity contribution in [3.63, 3.8) is 0 Å². The Hall–Kier alpha value is -2.64. The van der Waals surface area contributed by atoms with Crippen molar-refractivity contribution in [2.75, 3.05) is 13.2 Å². The summed E-state index contributed by atoms with van der Waals surface area (Å²) in [6, 6.07) is 11.6. The Kier molecular flexibility index (Phi) is 5.70. The Morgan fingerprint density at radius 3 is 2.65 bits per heavy atom. The molecule has 0 bridgehead atoms. The third kappa shape index (κ3) is 4.50. The van der Waals surface area contributed by atoms with E-state index in [2.05, 4.69) is 10.9 Å². The van der Waals surface area contributed by atoms with E-state index in [0.717, 1.165) is 0 Å². The average Bonchev–Trinajstić information content (AvgIpc) is 2.65. The second-order valence-electron chi connectivity index (χ2n) is 5.27. The lowest BCUT2D eigenvalue weighted by Crippen LogP contribution is -2.51. The standard InChI is InChI=1S/C17H14Cl2N2O5/c18-10-5-6-12(11(19)7-10)25-9-16(22)20-21-17(23)15-8-24-13-3-1-2-4-14(13)26-15/h1-7,15H,8-9H2,(H,20,22)(H,21,23). The number of rotatable bonds is 4. The van der Waals surface area contributed by atoms with Crippen LogP contribution in [0.2, 0.25) is 10.0 Å². The summed E-state index contributed by atoms with van der Waals surface area (Å²) in [6.07, 6.45) is -0.878. The number of carbonyl (C=O) groups is 2. The molecule has 1 atom stereocenters. The molecule has 1 unspecified atom stereocenters. The molecular formula is C17H14Cl2N2O5. The molecule has 0 aromatic heterocycles. The van der Waals surface area contributed by atoms with Gasteiger partial charge >= 0.3 is 0 Å². The van der Waals surface area contributed by atoms with Crippen molar-refractivity contribution in [2.45, 2.75) is 6.10 Å². The fourth-order valence-electron chi connectivity index (χ4n) is 2.13. The van der Waals surface area contributed by atoms with Gasteiger partial charge in [0.1, 0.15) is 12.4 Å². The van der Waals surface area contributed by atoms with Gasteiger partial charge < -0.3 is 14.2 Å². The third-order valence-electron chi connectivity index (χ3n) is 3.38. The maximum absolute atomic E-state index is 12.1. The van der Waals surface area contributed by atoms with Crippen molar-refractivity contribution in [1.29, 1.82) is 0 Å². The summed E-state index contributed by atoms with van der Waals surface area (Å²) in [7, 11) is 0. The summed E-state index contributed by atoms with van der Waals surface area (Å²) in [6.45, 7) is -0.303. The Bertz CT molecular complexity index is 831. The SMILES string of the molecule is O=C(COc1ccc(Cl)cc1Cl)NNC(=O)C1COc2ccccc2O1. The van der Waals surface area contributed by atoms with Crippen molar-refractivity contribution in [2.24, 2.45) is 0 Å². The molecule has 1 heterocycles. The van der Waals surface area contributed by atoms with Crippen LogP contribution in [0.4, 0.5) is 0 Å². The molecule has 136 valence electrons. The summed E-state index contributed by atoms with van der Waals surface area (Å²) in [4.78, 5) is 23.9. The van der Waals surface area contributed by atoms with Gasteiger partial charge in [0.15, 0.2) is 18.1 Å². The summed E-state index contributed by atoms with van der Waals surface area (Å²) in [5.41, 5.74) is 4.50. The molecule has 26 heavy (non-hydrogen) atoms. The molecule has 2 amide bonds. The Morgan fingerprint density at radius 2 is 1.88 bits per heavy atom. The number of fused-ring (bicyclic) bond motifs is 1. The molecule has 0 radical (unpaired) electrons. The average molecular weight is 397 g/mol. The number of hydrazine groups is 1. The lowest BCUT2D eigenvalue weighted by molar-refractivity contribution is -0.135. The zero-order valence-electron chi connectivity index (χ0n) is 13.3. The maximum Gasteiger partial charge on any atom is 0.283 e. The second kappa shape index (κ2) is 8.16. The molecule has 7 nitrogen and oxygen atoms in total. The summed E-state index contributed by atoms with van der Waals surface area (Å²) in [5.74, 6) is 0.219. The highest BCUT2D eigenvalue weighted by Gasteiger charge is 2.27. The molecule has 2 aromatic rings. The monoisotopic (exact) mass is 396 g/mol. The number of nitrogens with one attached hydrogen (secondary N) is 2. The van der Waals surface area contributed by atoms with Gasteiger partial charge in [-0.1, -0.05) is 35.3 Å². The second-order valence-corrected chi connectivity index (χ2v) is 6.11. The third-order valence-corrected chi connectivity index (χ3v) is 3.91. The lowest BCUT2D eigenvalue weighted by Gasteiger charge is -2.25. The van der Waals surface area contributed by atoms with Gasteiger partial charge in [-0.25, -0.2) is 0 Å². The number of hydrogen-bond donors (Lipinski definition) is 2. The zero-order valence-corrected chi connectivity index (χ0v) is 14.8. The number of benzene rings is 2. The normalized spacial score (nSPS) is 15.1. The Balaban J connectivity index is 1.45. The van der Waals surface area contributed by atoms with Crippen LogP contribution in [0.3, 0.4) is 0 Å². The molecule has 2 N–H and O–H groups in total. The fourth-order valence-corrected chi connectivity index (χ4v) is 2.60. The maximum atomic E-state index is 12.1. The van der Waals surface area contributed by atoms with Gasteiger partial charge in [-0.2, -0.15) is 0 Å². The highest BCUT2D eigenvalue weighted by atomic mass is 35.5. The lowest BCUT2D eigenvalue weighted by atomic mass is 10.2. The molecule has 1 aliphatic rings. The van der Waals surface area contributed by atoms with Crippen LogP contribution in [0.15, 0.2) is 42.5 Å². The van der Waals surface area contributed by atoms with Crippen LogP contribution >= 0.6 is 23.2 Å². The van der Waals surface area contributed by atoms with E-state index < -0.39 is 17.9 Å². The molecule has 0 spiro atoms. The van der Waals surface area contributed by atoms with Crippen LogP contribution < -0.4 is 25.1 Å². The number of carbonyl (C=O) groups excluding carboxylic acids is 2. The summed E-state index contributed by atoms with van der Waals surface area (Å²) >= 11 is 11.7. The molecule has 3 rings (SSSR count). The van der Waals surface area contributed by atoms with Gasteiger partial charge in [-0.3, -0.25) is 20.4 Å². The first-order valence-electron chi connectivity index (χ1n) is 7.58. The highest BCUT2D eigenvalue weighted by Crippen LogP contribution is 2.30. The fraction of sp³-hybridized carbons (Fsp3) is 0.176. The molecular weight excluding hydrogens is 383 g/mol. The molecule has 1 aliphatic heterocycles. The van der Waals surface area contributed by atoms with Gasteiger partial charge in [0.25, 0.3) is 11.8 Å². The largest absolute Gasteiger partial charge is 0.485 e. The van der Waals surface area contributed by atoms with E-state index in [4.69, 9.17) is 37.4 Å². The van der Waals surface area contributed by atoms with E-state index in [-0.39, 0.29) is 18.2 Å². The number of hydrogen-bond acceptors (Lipinski definition) is 5. The number of amides is 2. The topological polar surface area (TPSA) is 85.9 Å². The molecule has 9 heteroatoms. The number of ether oxygens (including phenoxy) is 3. The molecule has 0 saturated heterocycles. The van der Waals surface area contributed by atoms with E-state index in [0.29, 0.717) is 22.3 Å². The smallest absolute Gasteiger partial charge is 0.283 e. The van der Waals surface area contributed by atoms with Gasteiger partial charge in [0.2, 0.25) is 6.10 Å². The summed E-state index contributed by atoms with van der Waals surface area (Å²) in [5, 5.41) is 0.732. The van der Waals surface area contributed by atoms with Crippen molar-refractivity contribution >= 4 is 35.0 Å². The Morgan fingerprint density at radius 1 is 1.12 bits per heavy atom. The number of halogens is 2. The molecule has 0 fully saturated rings. The van der Waals surface area contributed by atoms with Crippen LogP contribution in [0.5, 0.6) is 17.2 Å². The van der Waals surface area contributed by atoms with Crippen LogP contribution in [-0.4, -0.2) is 31.1 Å². The predicted molar refractivity (Wildman–Crippen MR) is 94.6 cm³/mol. The first kappa shape index (κ1) is 18.2. The van der Waals surface area contributed by atoms with Crippen LogP contribution in [0, 0.1) is 0 Å². The van der Waals surface area contributed by atoms with Crippen molar-refractivity contribution < 1.29 is 23.8 Å². The molecule has 0 aliphatic carbocycles. The zero-order chi connectivity index (χ0) is 18.5. The number of para-hydroxylation sites is 2. The highest BCUT2D eigenvalue weighted by molar-refractivity contribution is 6.35. The van der Waals surface area contributed by atoms with Crippen LogP contribution in [-0.2, 0) is 9.59 Å². The van der Waals surface area contributed by atoms with Crippen molar-refractivity contribution in [3.8, 4) is 17.2 Å². The Labute approximate surface area is 159 Å². The van der Waals surface area contributed by atoms with Crippen LogP contribution in [0.1, 0.15) is 0 Å². The van der Waals surface area contributed by atoms with Gasteiger partial charge in [-0.15, -0.1) is 0 Å². The minimum Gasteiger partial charge on any atom is -0.485 e. The van der Waals surface area contributed by atoms with Crippen molar-refractivity contribution in [1.82, 2.24) is 10.9 Å². The molecule has 0 saturated carbocycles. The van der Waals surface area contributed by atoms with E-state index in [9.17, 15) is 9.59 Å². The van der Waals surface area contributed by atoms with E-state index >= 15 is 0 Å². The minimum atomic E-state index is -0.878. The van der Waals surface area contributed by atoms with Gasteiger partial charge in [-0.05, 0) is 30.3 Å². The van der Waals surface area contributed by atoms with Crippen molar-refractivity contribution in [3.05, 3.63) is 52.5 Å². The first-order chi connectivity index (χ1) is 12.5. The first-order valence-corrected chi connectivity index (χ1v) is 8.33. The quantitative estimate of drug-likeness (QED) is 0.774. The van der Waals surface area contributed by atoms with E-state index in [1.165, 1.54) is 6.07 Å². The minimum absolute atomic E-state index is 0.0373. The molecule has 2 aromatic carbocycles. The van der Waals surface area contributed by atoms with Gasteiger partial charge in [0.05, 0.1) is 5.02 Å².